The molecule has 1 aromatic carbocycles. The SMILES string of the molecule is CC(=[C-][Si](C)(C)C)c1[c-]cccc1C.[CH]1[CH][CH][CH][CH]1.[CH]1[CH][CH][CH][CH]1.[Zr+2]. The maximum atomic E-state index is 3.60. The summed E-state index contributed by atoms with van der Waals surface area (Å²) in [6, 6.07) is 9.41. The molecule has 0 unspecified atom stereocenters. The number of hydrogen-bond donors (Lipinski definition) is 0. The molecule has 2 aliphatic carbocycles. The van der Waals surface area contributed by atoms with Crippen molar-refractivity contribution in [2.24, 2.45) is 0 Å². The van der Waals surface area contributed by atoms with Crippen molar-refractivity contribution in [2.45, 2.75) is 33.5 Å². The van der Waals surface area contributed by atoms with Gasteiger partial charge in [0.2, 0.25) is 0 Å². The summed E-state index contributed by atoms with van der Waals surface area (Å²) < 4.78 is 0. The molecule has 0 atom stereocenters. The molecule has 2 saturated carbocycles. The maximum Gasteiger partial charge on any atom is 2.00 e. The van der Waals surface area contributed by atoms with E-state index in [2.05, 4.69) is 51.3 Å². The first-order chi connectivity index (χ1) is 11.4. The predicted octanol–water partition coefficient (Wildman–Crippen LogP) is 5.92. The molecule has 0 aliphatic heterocycles. The molecule has 2 fully saturated rings. The standard InChI is InChI=1S/C13H18Si.2C5H5.Zr/c1-11-8-6-7-9-13(11)12(2)10-14(3,4)5;2*1-2-4-5-3-1;/h6-8H,1-5H3;2*1-5H;/q-2;;;+2. The molecular formula is C23H28SiZr. The molecule has 1 aromatic rings. The molecule has 0 N–H and O–H groups in total. The monoisotopic (exact) mass is 422 g/mol. The van der Waals surface area contributed by atoms with Gasteiger partial charge < -0.3 is 11.3 Å². The van der Waals surface area contributed by atoms with Crippen LogP contribution < -0.4 is 0 Å². The third-order valence-corrected chi connectivity index (χ3v) is 4.24. The first-order valence-corrected chi connectivity index (χ1v) is 11.8. The Morgan fingerprint density at radius 2 is 1.24 bits per heavy atom. The molecule has 0 spiro atoms. The summed E-state index contributed by atoms with van der Waals surface area (Å²) in [6.07, 6.45) is 20.0. The van der Waals surface area contributed by atoms with Crippen LogP contribution in [-0.4, -0.2) is 8.07 Å². The smallest absolute Gasteiger partial charge is 0.328 e. The molecule has 10 radical (unpaired) electrons. The van der Waals surface area contributed by atoms with E-state index in [-0.39, 0.29) is 26.2 Å². The van der Waals surface area contributed by atoms with Crippen molar-refractivity contribution in [3.8, 4) is 0 Å². The molecule has 0 bridgehead atoms. The van der Waals surface area contributed by atoms with Crippen LogP contribution in [0.25, 0.3) is 5.57 Å². The fourth-order valence-corrected chi connectivity index (χ4v) is 3.44. The molecule has 0 amide bonds. The minimum Gasteiger partial charge on any atom is -0.328 e. The number of allylic oxidation sites excluding steroid dienone is 1. The zero-order chi connectivity index (χ0) is 17.8. The van der Waals surface area contributed by atoms with E-state index in [4.69, 9.17) is 0 Å². The third-order valence-electron chi connectivity index (χ3n) is 3.11. The maximum absolute atomic E-state index is 3.60. The molecular weight excluding hydrogens is 396 g/mol. The van der Waals surface area contributed by atoms with Crippen molar-refractivity contribution in [3.63, 3.8) is 0 Å². The van der Waals surface area contributed by atoms with E-state index in [0.29, 0.717) is 0 Å². The van der Waals surface area contributed by atoms with Gasteiger partial charge in [0.1, 0.15) is 0 Å². The Hall–Kier alpha value is 0.0600. The van der Waals surface area contributed by atoms with Gasteiger partial charge in [-0.1, -0.05) is 26.6 Å². The fraction of sp³-hybridized carbons (Fsp3) is 0.217. The van der Waals surface area contributed by atoms with Crippen molar-refractivity contribution in [1.82, 2.24) is 0 Å². The van der Waals surface area contributed by atoms with E-state index < -0.39 is 8.07 Å². The second-order valence-corrected chi connectivity index (χ2v) is 11.4. The normalized spacial score (nSPS) is 16.9. The van der Waals surface area contributed by atoms with Crippen molar-refractivity contribution in [1.29, 1.82) is 0 Å². The largest absolute Gasteiger partial charge is 2.00 e. The number of benzene rings is 1. The van der Waals surface area contributed by atoms with Gasteiger partial charge in [0, 0.05) is 0 Å². The second-order valence-electron chi connectivity index (χ2n) is 6.65. The first kappa shape index (κ1) is 25.1. The van der Waals surface area contributed by atoms with Gasteiger partial charge in [-0.15, -0.1) is 13.0 Å². The minimum absolute atomic E-state index is 0. The van der Waals surface area contributed by atoms with Gasteiger partial charge in [0.25, 0.3) is 0 Å². The van der Waals surface area contributed by atoms with Crippen LogP contribution in [0.2, 0.25) is 19.6 Å². The van der Waals surface area contributed by atoms with Crippen LogP contribution in [0.4, 0.5) is 0 Å². The van der Waals surface area contributed by atoms with Crippen molar-refractivity contribution in [3.05, 3.63) is 105 Å². The second kappa shape index (κ2) is 14.2. The number of aryl methyl sites for hydroxylation is 1. The summed E-state index contributed by atoms with van der Waals surface area (Å²) in [6.45, 7) is 11.2. The van der Waals surface area contributed by atoms with Crippen molar-refractivity contribution < 1.29 is 26.2 Å². The molecule has 0 aromatic heterocycles. The molecule has 0 nitrogen and oxygen atoms in total. The summed E-state index contributed by atoms with van der Waals surface area (Å²) in [4.78, 5) is 0. The third kappa shape index (κ3) is 13.0. The van der Waals surface area contributed by atoms with Crippen LogP contribution >= 0.6 is 0 Å². The van der Waals surface area contributed by atoms with Crippen LogP contribution in [0, 0.1) is 82.9 Å². The van der Waals surface area contributed by atoms with Gasteiger partial charge in [-0.2, -0.15) is 12.1 Å². The van der Waals surface area contributed by atoms with Gasteiger partial charge in [-0.05, 0) is 72.3 Å². The van der Waals surface area contributed by atoms with Crippen LogP contribution in [-0.2, 0) is 26.2 Å². The number of rotatable bonds is 2. The average molecular weight is 424 g/mol. The van der Waals surface area contributed by atoms with Gasteiger partial charge >= 0.3 is 26.2 Å². The van der Waals surface area contributed by atoms with Crippen molar-refractivity contribution in [2.75, 3.05) is 0 Å². The molecule has 128 valence electrons. The molecule has 2 aliphatic rings. The average Bonchev–Trinajstić information content (AvgIpc) is 3.24. The van der Waals surface area contributed by atoms with Gasteiger partial charge in [0.15, 0.2) is 0 Å². The zero-order valence-corrected chi connectivity index (χ0v) is 19.5. The fourth-order valence-electron chi connectivity index (χ4n) is 2.19. The van der Waals surface area contributed by atoms with Gasteiger partial charge in [-0.25, -0.2) is 11.6 Å². The molecule has 0 heterocycles. The van der Waals surface area contributed by atoms with Crippen molar-refractivity contribution >= 4 is 13.6 Å². The predicted molar refractivity (Wildman–Crippen MR) is 109 cm³/mol. The minimum atomic E-state index is -1.23. The van der Waals surface area contributed by atoms with E-state index in [9.17, 15) is 0 Å². The Bertz CT molecular complexity index is 452. The van der Waals surface area contributed by atoms with E-state index in [1.807, 2.05) is 76.3 Å². The Labute approximate surface area is 178 Å². The number of hydrogen-bond acceptors (Lipinski definition) is 0. The van der Waals surface area contributed by atoms with Crippen LogP contribution in [0.1, 0.15) is 18.1 Å². The first-order valence-electron chi connectivity index (χ1n) is 8.33. The summed E-state index contributed by atoms with van der Waals surface area (Å²) in [5, 5.41) is 0. The molecule has 3 rings (SSSR count). The Balaban J connectivity index is 0.000000425. The van der Waals surface area contributed by atoms with E-state index in [1.165, 1.54) is 16.7 Å². The summed E-state index contributed by atoms with van der Waals surface area (Å²) in [5.74, 6) is 0. The molecule has 0 saturated heterocycles. The zero-order valence-electron chi connectivity index (χ0n) is 16.0. The van der Waals surface area contributed by atoms with Crippen LogP contribution in [0.5, 0.6) is 0 Å². The molecule has 2 heteroatoms. The van der Waals surface area contributed by atoms with Gasteiger partial charge in [0.05, 0.1) is 0 Å². The summed E-state index contributed by atoms with van der Waals surface area (Å²) in [7, 11) is -1.23. The van der Waals surface area contributed by atoms with Crippen LogP contribution in [0.3, 0.4) is 0 Å². The van der Waals surface area contributed by atoms with Crippen LogP contribution in [0.15, 0.2) is 18.2 Å². The summed E-state index contributed by atoms with van der Waals surface area (Å²) in [5.41, 5.74) is 7.36. The van der Waals surface area contributed by atoms with E-state index in [0.717, 1.165) is 0 Å². The van der Waals surface area contributed by atoms with E-state index in [1.54, 1.807) is 0 Å². The Morgan fingerprint density at radius 1 is 0.840 bits per heavy atom. The van der Waals surface area contributed by atoms with Gasteiger partial charge in [-0.3, -0.25) is 5.56 Å². The quantitative estimate of drug-likeness (QED) is 0.409. The Morgan fingerprint density at radius 3 is 1.56 bits per heavy atom. The van der Waals surface area contributed by atoms with E-state index >= 15 is 0 Å². The topological polar surface area (TPSA) is 0 Å². The molecule has 25 heavy (non-hydrogen) atoms. The summed E-state index contributed by atoms with van der Waals surface area (Å²) >= 11 is 0. The Kier molecular flexibility index (Phi) is 14.2.